The van der Waals surface area contributed by atoms with E-state index in [9.17, 15) is 4.79 Å². The molecule has 5 rings (SSSR count). The number of carbonyl (C=O) groups is 1. The molecule has 4 bridgehead atoms. The number of benzene rings is 1. The highest BCUT2D eigenvalue weighted by Crippen LogP contribution is 2.57. The van der Waals surface area contributed by atoms with Gasteiger partial charge in [-0.1, -0.05) is 32.9 Å². The van der Waals surface area contributed by atoms with Crippen molar-refractivity contribution in [3.8, 4) is 5.75 Å². The standard InChI is InChI=1S/C16H26O2.C10H14O/c1-4-15(2,3)14(17)18-16-8-11-5-12(9-16)7-13(6-11)10-16;1-3-8(2)9-4-6-10(11)7-5-9/h11-13H,4-10H2,1-3H3;4-8,11H,3H2,1-2H3. The second kappa shape index (κ2) is 8.70. The average molecular weight is 401 g/mol. The molecule has 162 valence electrons. The van der Waals surface area contributed by atoms with Crippen LogP contribution in [0.25, 0.3) is 0 Å². The molecule has 4 aliphatic rings. The van der Waals surface area contributed by atoms with Crippen LogP contribution in [0.1, 0.15) is 97.5 Å². The van der Waals surface area contributed by atoms with E-state index in [0.717, 1.165) is 49.9 Å². The van der Waals surface area contributed by atoms with Crippen molar-refractivity contribution in [2.24, 2.45) is 23.2 Å². The summed E-state index contributed by atoms with van der Waals surface area (Å²) in [6, 6.07) is 7.43. The number of phenolic OH excluding ortho intramolecular Hbond substituents is 1. The minimum Gasteiger partial charge on any atom is -0.508 e. The van der Waals surface area contributed by atoms with E-state index in [0.29, 0.717) is 11.7 Å². The van der Waals surface area contributed by atoms with Gasteiger partial charge < -0.3 is 9.84 Å². The molecule has 0 amide bonds. The summed E-state index contributed by atoms with van der Waals surface area (Å²) in [5.74, 6) is 3.50. The maximum Gasteiger partial charge on any atom is 0.312 e. The van der Waals surface area contributed by atoms with Gasteiger partial charge in [0.25, 0.3) is 0 Å². The van der Waals surface area contributed by atoms with Crippen LogP contribution in [0, 0.1) is 23.2 Å². The van der Waals surface area contributed by atoms with Crippen LogP contribution >= 0.6 is 0 Å². The van der Waals surface area contributed by atoms with Crippen LogP contribution in [-0.2, 0) is 9.53 Å². The van der Waals surface area contributed by atoms with Crippen LogP contribution in [0.2, 0.25) is 0 Å². The van der Waals surface area contributed by atoms with Crippen LogP contribution in [0.15, 0.2) is 24.3 Å². The summed E-state index contributed by atoms with van der Waals surface area (Å²) in [5.41, 5.74) is 0.909. The molecule has 0 radical (unpaired) electrons. The third-order valence-corrected chi connectivity index (χ3v) is 7.80. The molecule has 4 saturated carbocycles. The smallest absolute Gasteiger partial charge is 0.312 e. The van der Waals surface area contributed by atoms with Crippen molar-refractivity contribution in [2.45, 2.75) is 97.5 Å². The molecule has 0 aromatic heterocycles. The number of phenols is 1. The van der Waals surface area contributed by atoms with Gasteiger partial charge >= 0.3 is 5.97 Å². The van der Waals surface area contributed by atoms with Gasteiger partial charge in [-0.2, -0.15) is 0 Å². The first kappa shape index (κ1) is 22.2. The van der Waals surface area contributed by atoms with E-state index >= 15 is 0 Å². The maximum atomic E-state index is 12.4. The minimum absolute atomic E-state index is 0.0342. The Morgan fingerprint density at radius 3 is 1.97 bits per heavy atom. The number of hydrogen-bond acceptors (Lipinski definition) is 3. The van der Waals surface area contributed by atoms with Crippen molar-refractivity contribution >= 4 is 5.97 Å². The Balaban J connectivity index is 0.000000188. The number of aromatic hydroxyl groups is 1. The Morgan fingerprint density at radius 1 is 1.07 bits per heavy atom. The van der Waals surface area contributed by atoms with Gasteiger partial charge in [-0.3, -0.25) is 4.79 Å². The first-order valence-electron chi connectivity index (χ1n) is 11.7. The molecule has 1 atom stereocenters. The van der Waals surface area contributed by atoms with E-state index in [1.54, 1.807) is 12.1 Å². The summed E-state index contributed by atoms with van der Waals surface area (Å²) < 4.78 is 6.07. The van der Waals surface area contributed by atoms with Crippen LogP contribution < -0.4 is 0 Å². The van der Waals surface area contributed by atoms with Crippen LogP contribution in [0.5, 0.6) is 5.75 Å². The second-order valence-electron chi connectivity index (χ2n) is 10.6. The topological polar surface area (TPSA) is 46.5 Å². The molecule has 0 heterocycles. The minimum atomic E-state index is -0.316. The van der Waals surface area contributed by atoms with Gasteiger partial charge in [0, 0.05) is 0 Å². The predicted molar refractivity (Wildman–Crippen MR) is 118 cm³/mol. The third kappa shape index (κ3) is 5.16. The largest absolute Gasteiger partial charge is 0.508 e. The lowest BCUT2D eigenvalue weighted by Crippen LogP contribution is -2.53. The molecule has 1 aromatic rings. The van der Waals surface area contributed by atoms with E-state index < -0.39 is 0 Å². The first-order chi connectivity index (χ1) is 13.7. The second-order valence-corrected chi connectivity index (χ2v) is 10.6. The number of hydrogen-bond donors (Lipinski definition) is 1. The van der Waals surface area contributed by atoms with Gasteiger partial charge in [-0.25, -0.2) is 0 Å². The van der Waals surface area contributed by atoms with Crippen LogP contribution in [0.4, 0.5) is 0 Å². The van der Waals surface area contributed by atoms with Crippen LogP contribution in [0.3, 0.4) is 0 Å². The van der Waals surface area contributed by atoms with E-state index in [2.05, 4.69) is 20.8 Å². The van der Waals surface area contributed by atoms with Crippen molar-refractivity contribution in [3.63, 3.8) is 0 Å². The molecular weight excluding hydrogens is 360 g/mol. The van der Waals surface area contributed by atoms with Crippen molar-refractivity contribution in [2.75, 3.05) is 0 Å². The Hall–Kier alpha value is -1.51. The Kier molecular flexibility index (Phi) is 6.65. The van der Waals surface area contributed by atoms with Gasteiger partial charge in [-0.15, -0.1) is 0 Å². The van der Waals surface area contributed by atoms with E-state index in [1.807, 2.05) is 26.0 Å². The Labute approximate surface area is 177 Å². The first-order valence-corrected chi connectivity index (χ1v) is 11.7. The lowest BCUT2D eigenvalue weighted by atomic mass is 9.54. The fraction of sp³-hybridized carbons (Fsp3) is 0.731. The molecule has 0 spiro atoms. The summed E-state index contributed by atoms with van der Waals surface area (Å²) in [6.07, 6.45) is 9.62. The molecule has 1 aromatic carbocycles. The van der Waals surface area contributed by atoms with Gasteiger partial charge in [-0.05, 0) is 107 Å². The van der Waals surface area contributed by atoms with Crippen molar-refractivity contribution in [3.05, 3.63) is 29.8 Å². The zero-order chi connectivity index (χ0) is 21.2. The summed E-state index contributed by atoms with van der Waals surface area (Å²) in [4.78, 5) is 12.4. The Morgan fingerprint density at radius 2 is 1.55 bits per heavy atom. The highest BCUT2D eigenvalue weighted by atomic mass is 16.6. The molecule has 1 N–H and O–H groups in total. The van der Waals surface area contributed by atoms with E-state index in [1.165, 1.54) is 24.8 Å². The molecule has 1 unspecified atom stereocenters. The number of ether oxygens (including phenoxy) is 1. The SMILES string of the molecule is CCC(C)(C)C(=O)OC12CC3CC(CC(C3)C1)C2.CCC(C)c1ccc(O)cc1. The quantitative estimate of drug-likeness (QED) is 0.550. The van der Waals surface area contributed by atoms with Gasteiger partial charge in [0.15, 0.2) is 0 Å². The molecule has 0 aliphatic heterocycles. The fourth-order valence-electron chi connectivity index (χ4n) is 5.67. The molecule has 4 fully saturated rings. The monoisotopic (exact) mass is 400 g/mol. The third-order valence-electron chi connectivity index (χ3n) is 7.80. The summed E-state index contributed by atoms with van der Waals surface area (Å²) in [5, 5.41) is 9.01. The number of rotatable bonds is 5. The summed E-state index contributed by atoms with van der Waals surface area (Å²) in [7, 11) is 0. The van der Waals surface area contributed by atoms with E-state index in [4.69, 9.17) is 9.84 Å². The zero-order valence-electron chi connectivity index (χ0n) is 19.0. The molecular formula is C26H40O3. The normalized spacial score (nSPS) is 31.0. The van der Waals surface area contributed by atoms with Crippen molar-refractivity contribution in [1.29, 1.82) is 0 Å². The van der Waals surface area contributed by atoms with Gasteiger partial charge in [0.1, 0.15) is 11.4 Å². The van der Waals surface area contributed by atoms with Crippen molar-refractivity contribution in [1.82, 2.24) is 0 Å². The molecule has 29 heavy (non-hydrogen) atoms. The predicted octanol–water partition coefficient (Wildman–Crippen LogP) is 6.84. The number of esters is 1. The van der Waals surface area contributed by atoms with Crippen molar-refractivity contribution < 1.29 is 14.6 Å². The molecule has 3 nitrogen and oxygen atoms in total. The Bertz CT molecular complexity index is 653. The summed E-state index contributed by atoms with van der Waals surface area (Å²) >= 11 is 0. The maximum absolute atomic E-state index is 12.4. The lowest BCUT2D eigenvalue weighted by molar-refractivity contribution is -0.195. The lowest BCUT2D eigenvalue weighted by Gasteiger charge is -2.56. The zero-order valence-corrected chi connectivity index (χ0v) is 19.0. The molecule has 0 saturated heterocycles. The summed E-state index contributed by atoms with van der Waals surface area (Å²) in [6.45, 7) is 10.4. The fourth-order valence-corrected chi connectivity index (χ4v) is 5.67. The highest BCUT2D eigenvalue weighted by Gasteiger charge is 2.53. The molecule has 4 aliphatic carbocycles. The van der Waals surface area contributed by atoms with E-state index in [-0.39, 0.29) is 17.0 Å². The van der Waals surface area contributed by atoms with Gasteiger partial charge in [0.2, 0.25) is 0 Å². The van der Waals surface area contributed by atoms with Gasteiger partial charge in [0.05, 0.1) is 5.41 Å². The van der Waals surface area contributed by atoms with Crippen LogP contribution in [-0.4, -0.2) is 16.7 Å². The molecule has 3 heteroatoms. The highest BCUT2D eigenvalue weighted by molar-refractivity contribution is 5.76. The average Bonchev–Trinajstić information content (AvgIpc) is 2.67. The number of carbonyl (C=O) groups excluding carboxylic acids is 1.